The molecule has 7 nitrogen and oxygen atoms in total. The van der Waals surface area contributed by atoms with Gasteiger partial charge in [-0.05, 0) is 81.5 Å². The second-order valence-corrected chi connectivity index (χ2v) is 9.65. The lowest BCUT2D eigenvalue weighted by molar-refractivity contribution is -0.116. The van der Waals surface area contributed by atoms with Crippen LogP contribution in [0.2, 0.25) is 0 Å². The minimum absolute atomic E-state index is 0.00491. The first-order valence-corrected chi connectivity index (χ1v) is 13.0. The fourth-order valence-electron chi connectivity index (χ4n) is 5.22. The Morgan fingerprint density at radius 2 is 1.81 bits per heavy atom. The maximum atomic E-state index is 13.9. The van der Waals surface area contributed by atoms with Gasteiger partial charge in [-0.2, -0.15) is 0 Å². The van der Waals surface area contributed by atoms with E-state index >= 15 is 0 Å². The van der Waals surface area contributed by atoms with E-state index in [4.69, 9.17) is 9.72 Å². The van der Waals surface area contributed by atoms with Crippen LogP contribution in [0.4, 0.5) is 11.4 Å². The Bertz CT molecular complexity index is 1270. The maximum absolute atomic E-state index is 13.9. The van der Waals surface area contributed by atoms with Crippen LogP contribution in [0, 0.1) is 6.92 Å². The summed E-state index contributed by atoms with van der Waals surface area (Å²) in [4.78, 5) is 35.6. The van der Waals surface area contributed by atoms with Gasteiger partial charge in [-0.3, -0.25) is 14.6 Å². The van der Waals surface area contributed by atoms with Crippen molar-refractivity contribution in [3.05, 3.63) is 64.8 Å². The highest BCUT2D eigenvalue weighted by molar-refractivity contribution is 6.09. The van der Waals surface area contributed by atoms with E-state index in [9.17, 15) is 9.59 Å². The third-order valence-electron chi connectivity index (χ3n) is 7.16. The molecule has 1 aliphatic carbocycles. The molecule has 0 radical (unpaired) electrons. The Morgan fingerprint density at radius 1 is 1.06 bits per heavy atom. The number of rotatable bonds is 6. The van der Waals surface area contributed by atoms with Gasteiger partial charge in [-0.25, -0.2) is 0 Å². The fraction of sp³-hybridized carbons (Fsp3) is 0.414. The van der Waals surface area contributed by atoms with Gasteiger partial charge in [0.2, 0.25) is 5.91 Å². The average molecular weight is 487 g/mol. The molecule has 0 bridgehead atoms. The molecule has 2 aliphatic rings. The van der Waals surface area contributed by atoms with Crippen molar-refractivity contribution in [2.45, 2.75) is 39.5 Å². The van der Waals surface area contributed by atoms with E-state index in [1.54, 1.807) is 4.90 Å². The van der Waals surface area contributed by atoms with Crippen LogP contribution in [0.3, 0.4) is 0 Å². The molecule has 36 heavy (non-hydrogen) atoms. The standard InChI is InChI=1S/C29H34N4O3/c1-3-32(19-27(34)30-21-9-11-22(12-10-21)33-14-16-36-17-15-33)29(35)28-23-6-4-5-7-25(23)31-26-13-8-20(2)18-24(26)28/h8-13,18H,3-7,14-17,19H2,1-2H3,(H,30,34). The minimum Gasteiger partial charge on any atom is -0.378 e. The number of amides is 2. The summed E-state index contributed by atoms with van der Waals surface area (Å²) in [5.41, 5.74) is 6.60. The largest absolute Gasteiger partial charge is 0.378 e. The molecule has 0 atom stereocenters. The summed E-state index contributed by atoms with van der Waals surface area (Å²) in [6.07, 6.45) is 3.90. The summed E-state index contributed by atoms with van der Waals surface area (Å²) in [5, 5.41) is 3.85. The lowest BCUT2D eigenvalue weighted by Crippen LogP contribution is -2.38. The molecule has 1 aromatic heterocycles. The first kappa shape index (κ1) is 24.3. The molecular weight excluding hydrogens is 452 g/mol. The van der Waals surface area contributed by atoms with E-state index < -0.39 is 0 Å². The predicted octanol–water partition coefficient (Wildman–Crippen LogP) is 4.36. The highest BCUT2D eigenvalue weighted by Crippen LogP contribution is 2.31. The molecule has 2 heterocycles. The van der Waals surface area contributed by atoms with Crippen LogP contribution >= 0.6 is 0 Å². The van der Waals surface area contributed by atoms with Gasteiger partial charge in [-0.1, -0.05) is 11.6 Å². The summed E-state index contributed by atoms with van der Waals surface area (Å²) < 4.78 is 5.42. The minimum atomic E-state index is -0.201. The first-order valence-electron chi connectivity index (χ1n) is 13.0. The zero-order valence-corrected chi connectivity index (χ0v) is 21.2. The number of hydrogen-bond acceptors (Lipinski definition) is 5. The van der Waals surface area contributed by atoms with E-state index in [1.165, 1.54) is 0 Å². The van der Waals surface area contributed by atoms with E-state index in [0.29, 0.717) is 6.54 Å². The number of nitrogens with zero attached hydrogens (tertiary/aromatic N) is 3. The van der Waals surface area contributed by atoms with Crippen molar-refractivity contribution in [1.29, 1.82) is 0 Å². The highest BCUT2D eigenvalue weighted by atomic mass is 16.5. The summed E-state index contributed by atoms with van der Waals surface area (Å²) in [6, 6.07) is 13.9. The lowest BCUT2D eigenvalue weighted by atomic mass is 9.89. The molecule has 1 fully saturated rings. The molecule has 7 heteroatoms. The van der Waals surface area contributed by atoms with Crippen LogP contribution in [0.15, 0.2) is 42.5 Å². The molecule has 1 N–H and O–H groups in total. The number of hydrogen-bond donors (Lipinski definition) is 1. The highest BCUT2D eigenvalue weighted by Gasteiger charge is 2.26. The van der Waals surface area contributed by atoms with Gasteiger partial charge in [-0.15, -0.1) is 0 Å². The van der Waals surface area contributed by atoms with Crippen molar-refractivity contribution in [2.75, 3.05) is 49.6 Å². The number of fused-ring (bicyclic) bond motifs is 2. The third-order valence-corrected chi connectivity index (χ3v) is 7.16. The maximum Gasteiger partial charge on any atom is 0.255 e. The second kappa shape index (κ2) is 10.7. The number of pyridine rings is 1. The molecule has 2 aromatic carbocycles. The van der Waals surface area contributed by atoms with Gasteiger partial charge in [0.15, 0.2) is 0 Å². The second-order valence-electron chi connectivity index (χ2n) is 9.65. The molecule has 188 valence electrons. The van der Waals surface area contributed by atoms with Crippen LogP contribution in [-0.4, -0.2) is 61.1 Å². The zero-order valence-electron chi connectivity index (χ0n) is 21.2. The average Bonchev–Trinajstić information content (AvgIpc) is 2.91. The lowest BCUT2D eigenvalue weighted by Gasteiger charge is -2.29. The van der Waals surface area contributed by atoms with Crippen LogP contribution in [0.5, 0.6) is 0 Å². The van der Waals surface area contributed by atoms with Crippen molar-refractivity contribution >= 4 is 34.1 Å². The van der Waals surface area contributed by atoms with Gasteiger partial charge in [0.05, 0.1) is 24.3 Å². The number of benzene rings is 2. The van der Waals surface area contributed by atoms with Gasteiger partial charge in [0.25, 0.3) is 5.91 Å². The van der Waals surface area contributed by atoms with Crippen molar-refractivity contribution in [3.63, 3.8) is 0 Å². The summed E-state index contributed by atoms with van der Waals surface area (Å²) in [5.74, 6) is -0.292. The summed E-state index contributed by atoms with van der Waals surface area (Å²) in [6.45, 7) is 7.60. The summed E-state index contributed by atoms with van der Waals surface area (Å²) >= 11 is 0. The number of morpholine rings is 1. The van der Waals surface area contributed by atoms with Crippen molar-refractivity contribution in [3.8, 4) is 0 Å². The topological polar surface area (TPSA) is 74.8 Å². The molecule has 0 unspecified atom stereocenters. The molecule has 0 spiro atoms. The van der Waals surface area contributed by atoms with Gasteiger partial charge in [0, 0.05) is 42.1 Å². The molecular formula is C29H34N4O3. The molecule has 1 saturated heterocycles. The normalized spacial score (nSPS) is 15.4. The Kier molecular flexibility index (Phi) is 7.18. The fourth-order valence-corrected chi connectivity index (χ4v) is 5.22. The zero-order chi connectivity index (χ0) is 25.1. The van der Waals surface area contributed by atoms with E-state index in [0.717, 1.165) is 96.6 Å². The Morgan fingerprint density at radius 3 is 2.56 bits per heavy atom. The van der Waals surface area contributed by atoms with Crippen molar-refractivity contribution in [1.82, 2.24) is 9.88 Å². The Labute approximate surface area is 212 Å². The molecule has 2 amide bonds. The van der Waals surface area contributed by atoms with Gasteiger partial charge >= 0.3 is 0 Å². The third kappa shape index (κ3) is 5.07. The number of carbonyl (C=O) groups excluding carboxylic acids is 2. The number of aromatic nitrogens is 1. The number of nitrogens with one attached hydrogen (secondary N) is 1. The van der Waals surface area contributed by atoms with Crippen LogP contribution in [-0.2, 0) is 22.4 Å². The van der Waals surface area contributed by atoms with Gasteiger partial charge < -0.3 is 19.9 Å². The number of ether oxygens (including phenoxy) is 1. The van der Waals surface area contributed by atoms with Crippen molar-refractivity contribution < 1.29 is 14.3 Å². The first-order chi connectivity index (χ1) is 17.5. The quantitative estimate of drug-likeness (QED) is 0.560. The van der Waals surface area contributed by atoms with Crippen LogP contribution < -0.4 is 10.2 Å². The Balaban J connectivity index is 1.34. The smallest absolute Gasteiger partial charge is 0.255 e. The van der Waals surface area contributed by atoms with E-state index in [1.807, 2.05) is 56.3 Å². The van der Waals surface area contributed by atoms with E-state index in [2.05, 4.69) is 10.2 Å². The monoisotopic (exact) mass is 486 g/mol. The van der Waals surface area contributed by atoms with Crippen molar-refractivity contribution in [2.24, 2.45) is 0 Å². The SMILES string of the molecule is CCN(CC(=O)Nc1ccc(N2CCOCC2)cc1)C(=O)c1c2c(nc3ccc(C)cc13)CCCC2. The van der Waals surface area contributed by atoms with Crippen LogP contribution in [0.1, 0.15) is 46.9 Å². The predicted molar refractivity (Wildman–Crippen MR) is 143 cm³/mol. The van der Waals surface area contributed by atoms with E-state index in [-0.39, 0.29) is 18.4 Å². The van der Waals surface area contributed by atoms with Gasteiger partial charge in [0.1, 0.15) is 6.54 Å². The van der Waals surface area contributed by atoms with Crippen LogP contribution in [0.25, 0.3) is 10.9 Å². The molecule has 5 rings (SSSR count). The number of anilines is 2. The molecule has 3 aromatic rings. The number of carbonyl (C=O) groups is 2. The summed E-state index contributed by atoms with van der Waals surface area (Å²) in [7, 11) is 0. The number of likely N-dealkylation sites (N-methyl/N-ethyl adjacent to an activating group) is 1. The Hall–Kier alpha value is -3.45. The molecule has 0 saturated carbocycles. The molecule has 1 aliphatic heterocycles. The number of aryl methyl sites for hydroxylation is 2.